The second-order valence-corrected chi connectivity index (χ2v) is 17.2. The van der Waals surface area contributed by atoms with E-state index in [0.717, 1.165) is 28.3 Å². The van der Waals surface area contributed by atoms with Gasteiger partial charge in [-0.3, -0.25) is 0 Å². The van der Waals surface area contributed by atoms with E-state index < -0.39 is 0 Å². The summed E-state index contributed by atoms with van der Waals surface area (Å²) in [5.74, 6) is 0. The first kappa shape index (κ1) is 37.8. The molecule has 0 saturated heterocycles. The van der Waals surface area contributed by atoms with Crippen molar-refractivity contribution >= 4 is 82.0 Å². The molecule has 0 spiro atoms. The van der Waals surface area contributed by atoms with Crippen LogP contribution in [0.1, 0.15) is 0 Å². The van der Waals surface area contributed by atoms with E-state index in [2.05, 4.69) is 264 Å². The smallest absolute Gasteiger partial charge is 0.0619 e. The Bertz CT molecular complexity index is 4000. The molecule has 2 nitrogen and oxygen atoms in total. The molecular formula is C64H42N2. The quantitative estimate of drug-likeness (QED) is 0.155. The van der Waals surface area contributed by atoms with Crippen LogP contribution in [0.2, 0.25) is 0 Å². The van der Waals surface area contributed by atoms with Gasteiger partial charge >= 0.3 is 0 Å². The SMILES string of the molecule is c1cc(-c2cccc3ccccc23)cc(N(c2ccc(-c3ccccc3-n3c4ccccc4c4ccc5ccccc5c43)cc2)c2ccc(-c3cccc4ccccc34)c3ccccc23)c1. The van der Waals surface area contributed by atoms with Crippen LogP contribution in [0, 0.1) is 0 Å². The van der Waals surface area contributed by atoms with Crippen LogP contribution in [0.5, 0.6) is 0 Å². The van der Waals surface area contributed by atoms with Crippen LogP contribution >= 0.6 is 0 Å². The summed E-state index contributed by atoms with van der Waals surface area (Å²) < 4.78 is 2.48. The zero-order chi connectivity index (χ0) is 43.6. The van der Waals surface area contributed by atoms with Crippen molar-refractivity contribution in [3.05, 3.63) is 255 Å². The number of hydrogen-bond acceptors (Lipinski definition) is 1. The molecule has 0 bridgehead atoms. The third-order valence-corrected chi connectivity index (χ3v) is 13.6. The van der Waals surface area contributed by atoms with Gasteiger partial charge in [-0.25, -0.2) is 0 Å². The highest BCUT2D eigenvalue weighted by atomic mass is 15.1. The topological polar surface area (TPSA) is 8.17 Å². The Morgan fingerprint density at radius 3 is 1.59 bits per heavy atom. The molecule has 13 aromatic rings. The minimum absolute atomic E-state index is 1.08. The van der Waals surface area contributed by atoms with Gasteiger partial charge in [-0.2, -0.15) is 0 Å². The molecule has 0 fully saturated rings. The van der Waals surface area contributed by atoms with Crippen molar-refractivity contribution in [3.8, 4) is 39.1 Å². The molecule has 2 heteroatoms. The number of hydrogen-bond donors (Lipinski definition) is 0. The Labute approximate surface area is 383 Å². The van der Waals surface area contributed by atoms with Gasteiger partial charge in [0.1, 0.15) is 0 Å². The van der Waals surface area contributed by atoms with Gasteiger partial charge in [-0.05, 0) is 103 Å². The van der Waals surface area contributed by atoms with Crippen molar-refractivity contribution in [1.29, 1.82) is 0 Å². The fraction of sp³-hybridized carbons (Fsp3) is 0. The fourth-order valence-corrected chi connectivity index (χ4v) is 10.6. The number of aromatic nitrogens is 1. The number of rotatable bonds is 7. The molecule has 0 N–H and O–H groups in total. The van der Waals surface area contributed by atoms with Crippen LogP contribution in [0.15, 0.2) is 255 Å². The summed E-state index contributed by atoms with van der Waals surface area (Å²) in [6.07, 6.45) is 0. The van der Waals surface area contributed by atoms with Crippen molar-refractivity contribution in [2.24, 2.45) is 0 Å². The third-order valence-electron chi connectivity index (χ3n) is 13.6. The largest absolute Gasteiger partial charge is 0.310 e. The number of nitrogens with zero attached hydrogens (tertiary/aromatic N) is 2. The first-order chi connectivity index (χ1) is 32.8. The summed E-state index contributed by atoms with van der Waals surface area (Å²) in [6, 6.07) is 93.3. The van der Waals surface area contributed by atoms with Gasteiger partial charge in [-0.15, -0.1) is 0 Å². The molecule has 0 radical (unpaired) electrons. The summed E-state index contributed by atoms with van der Waals surface area (Å²) in [4.78, 5) is 2.44. The second kappa shape index (κ2) is 15.5. The van der Waals surface area contributed by atoms with E-state index in [0.29, 0.717) is 0 Å². The van der Waals surface area contributed by atoms with E-state index >= 15 is 0 Å². The molecule has 13 rings (SSSR count). The molecule has 0 saturated carbocycles. The summed E-state index contributed by atoms with van der Waals surface area (Å²) in [5, 5.41) is 12.4. The molecule has 308 valence electrons. The van der Waals surface area contributed by atoms with Crippen LogP contribution in [0.3, 0.4) is 0 Å². The average Bonchev–Trinajstić information content (AvgIpc) is 3.73. The van der Waals surface area contributed by atoms with E-state index in [4.69, 9.17) is 0 Å². The Morgan fingerprint density at radius 2 is 0.818 bits per heavy atom. The van der Waals surface area contributed by atoms with Crippen molar-refractivity contribution in [1.82, 2.24) is 4.57 Å². The van der Waals surface area contributed by atoms with Gasteiger partial charge in [-0.1, -0.05) is 212 Å². The molecule has 0 aliphatic rings. The van der Waals surface area contributed by atoms with Crippen LogP contribution < -0.4 is 4.90 Å². The second-order valence-electron chi connectivity index (χ2n) is 17.2. The van der Waals surface area contributed by atoms with Gasteiger partial charge < -0.3 is 9.47 Å². The van der Waals surface area contributed by atoms with Gasteiger partial charge in [0, 0.05) is 38.5 Å². The molecule has 0 amide bonds. The minimum atomic E-state index is 1.08. The van der Waals surface area contributed by atoms with E-state index in [1.165, 1.54) is 92.7 Å². The van der Waals surface area contributed by atoms with E-state index in [9.17, 15) is 0 Å². The van der Waals surface area contributed by atoms with Crippen molar-refractivity contribution < 1.29 is 0 Å². The van der Waals surface area contributed by atoms with Crippen molar-refractivity contribution in [2.75, 3.05) is 4.90 Å². The highest BCUT2D eigenvalue weighted by molar-refractivity contribution is 6.19. The average molecular weight is 839 g/mol. The highest BCUT2D eigenvalue weighted by Gasteiger charge is 2.21. The Morgan fingerprint density at radius 1 is 0.273 bits per heavy atom. The zero-order valence-electron chi connectivity index (χ0n) is 36.1. The van der Waals surface area contributed by atoms with Gasteiger partial charge in [0.05, 0.1) is 22.4 Å². The highest BCUT2D eigenvalue weighted by Crippen LogP contribution is 2.45. The lowest BCUT2D eigenvalue weighted by molar-refractivity contribution is 1.19. The molecule has 0 unspecified atom stereocenters. The Hall–Kier alpha value is -8.72. The number of para-hydroxylation sites is 2. The van der Waals surface area contributed by atoms with Gasteiger partial charge in [0.15, 0.2) is 0 Å². The molecule has 0 aliphatic heterocycles. The summed E-state index contributed by atoms with van der Waals surface area (Å²) >= 11 is 0. The lowest BCUT2D eigenvalue weighted by Crippen LogP contribution is -2.11. The van der Waals surface area contributed by atoms with Crippen LogP contribution in [-0.2, 0) is 0 Å². The lowest BCUT2D eigenvalue weighted by atomic mass is 9.92. The van der Waals surface area contributed by atoms with Crippen LogP contribution in [-0.4, -0.2) is 4.57 Å². The molecule has 0 aliphatic carbocycles. The lowest BCUT2D eigenvalue weighted by Gasteiger charge is -2.28. The number of benzene rings is 12. The van der Waals surface area contributed by atoms with Crippen LogP contribution in [0.4, 0.5) is 17.1 Å². The molecule has 1 aromatic heterocycles. The first-order valence-electron chi connectivity index (χ1n) is 22.8. The molecule has 1 heterocycles. The standard InChI is InChI=1S/C64H42N2/c1-4-23-50-43(16-1)19-14-30-52(50)47-21-13-22-49(42-47)65(63-41-40-57(56-27-7-8-28-58(56)63)55-31-15-20-44-17-2-5-24-51(44)55)48-37-34-46(35-38-48)53-25-9-11-32-61(53)66-62-33-12-10-29-59(62)60-39-36-45-18-3-6-26-54(45)64(60)66/h1-42H. The molecule has 0 atom stereocenters. The first-order valence-corrected chi connectivity index (χ1v) is 22.8. The van der Waals surface area contributed by atoms with Crippen molar-refractivity contribution in [2.45, 2.75) is 0 Å². The fourth-order valence-electron chi connectivity index (χ4n) is 10.6. The van der Waals surface area contributed by atoms with Gasteiger partial charge in [0.2, 0.25) is 0 Å². The normalized spacial score (nSPS) is 11.6. The van der Waals surface area contributed by atoms with Crippen molar-refractivity contribution in [3.63, 3.8) is 0 Å². The maximum Gasteiger partial charge on any atom is 0.0619 e. The van der Waals surface area contributed by atoms with E-state index in [-0.39, 0.29) is 0 Å². The van der Waals surface area contributed by atoms with E-state index in [1.807, 2.05) is 0 Å². The predicted octanol–water partition coefficient (Wildman–Crippen LogP) is 17.9. The summed E-state index contributed by atoms with van der Waals surface area (Å²) in [7, 11) is 0. The molecular weight excluding hydrogens is 797 g/mol. The van der Waals surface area contributed by atoms with Gasteiger partial charge in [0.25, 0.3) is 0 Å². The minimum Gasteiger partial charge on any atom is -0.310 e. The monoisotopic (exact) mass is 838 g/mol. The zero-order valence-corrected chi connectivity index (χ0v) is 36.1. The molecule has 66 heavy (non-hydrogen) atoms. The summed E-state index contributed by atoms with van der Waals surface area (Å²) in [5.41, 5.74) is 14.1. The predicted molar refractivity (Wildman–Crippen MR) is 282 cm³/mol. The van der Waals surface area contributed by atoms with Crippen LogP contribution in [0.25, 0.3) is 104 Å². The molecule has 12 aromatic carbocycles. The Kier molecular flexibility index (Phi) is 8.89. The summed E-state index contributed by atoms with van der Waals surface area (Å²) in [6.45, 7) is 0. The maximum absolute atomic E-state index is 2.48. The number of anilines is 3. The Balaban J connectivity index is 0.999. The number of fused-ring (bicyclic) bond motifs is 8. The third kappa shape index (κ3) is 6.11. The maximum atomic E-state index is 2.48. The van der Waals surface area contributed by atoms with E-state index in [1.54, 1.807) is 0 Å².